The lowest BCUT2D eigenvalue weighted by atomic mass is 9.96. The van der Waals surface area contributed by atoms with Crippen molar-refractivity contribution in [3.05, 3.63) is 53.6 Å². The second-order valence-electron chi connectivity index (χ2n) is 4.36. The van der Waals surface area contributed by atoms with E-state index in [1.165, 1.54) is 18.2 Å². The third-order valence-electron chi connectivity index (χ3n) is 2.99. The van der Waals surface area contributed by atoms with Crippen LogP contribution >= 0.6 is 0 Å². The van der Waals surface area contributed by atoms with E-state index in [0.717, 1.165) is 0 Å². The molecule has 0 aliphatic rings. The number of benzene rings is 2. The van der Waals surface area contributed by atoms with E-state index in [0.29, 0.717) is 11.3 Å². The molecule has 0 radical (unpaired) electrons. The molecule has 0 aliphatic carbocycles. The van der Waals surface area contributed by atoms with E-state index in [1.54, 1.807) is 24.3 Å². The Balaban J connectivity index is 2.65. The third kappa shape index (κ3) is 3.07. The second kappa shape index (κ2) is 6.46. The number of hydrogen-bond acceptors (Lipinski definition) is 3. The highest BCUT2D eigenvalue weighted by atomic mass is 16.5. The average Bonchev–Trinajstić information content (AvgIpc) is 2.52. The predicted octanol–water partition coefficient (Wildman–Crippen LogP) is 2.76. The Hall–Kier alpha value is -3.26. The lowest BCUT2D eigenvalue weighted by molar-refractivity contribution is 0.0682. The van der Waals surface area contributed by atoms with Crippen molar-refractivity contribution in [3.63, 3.8) is 0 Å². The van der Waals surface area contributed by atoms with Gasteiger partial charge in [-0.15, -0.1) is 6.42 Å². The zero-order chi connectivity index (χ0) is 16.1. The van der Waals surface area contributed by atoms with Gasteiger partial charge in [0.1, 0.15) is 12.4 Å². The number of rotatable bonds is 5. The monoisotopic (exact) mass is 296 g/mol. The summed E-state index contributed by atoms with van der Waals surface area (Å²) in [7, 11) is 0. The number of ether oxygens (including phenoxy) is 1. The van der Waals surface area contributed by atoms with E-state index in [2.05, 4.69) is 5.92 Å². The molecule has 0 atom stereocenters. The van der Waals surface area contributed by atoms with Crippen LogP contribution in [0.15, 0.2) is 42.5 Å². The molecule has 0 bridgehead atoms. The van der Waals surface area contributed by atoms with Gasteiger partial charge in [0, 0.05) is 11.1 Å². The SMILES string of the molecule is C#CCOc1ccccc1-c1cc(C(=O)O)ccc1C(=O)O. The first kappa shape index (κ1) is 15.1. The fourth-order valence-corrected chi connectivity index (χ4v) is 2.02. The maximum atomic E-state index is 11.4. The Morgan fingerprint density at radius 2 is 1.77 bits per heavy atom. The minimum absolute atomic E-state index is 0.00764. The first-order chi connectivity index (χ1) is 10.5. The number of terminal acetylenes is 1. The van der Waals surface area contributed by atoms with Gasteiger partial charge < -0.3 is 14.9 Å². The minimum Gasteiger partial charge on any atom is -0.480 e. The van der Waals surface area contributed by atoms with Crippen molar-refractivity contribution >= 4 is 11.9 Å². The molecular weight excluding hydrogens is 284 g/mol. The number of carboxylic acid groups (broad SMARTS) is 2. The topological polar surface area (TPSA) is 83.8 Å². The molecule has 2 aromatic rings. The Bertz CT molecular complexity index is 771. The summed E-state index contributed by atoms with van der Waals surface area (Å²) in [6, 6.07) is 10.5. The van der Waals surface area contributed by atoms with Crippen molar-refractivity contribution in [1.29, 1.82) is 0 Å². The van der Waals surface area contributed by atoms with Crippen molar-refractivity contribution in [2.75, 3.05) is 6.61 Å². The summed E-state index contributed by atoms with van der Waals surface area (Å²) in [5, 5.41) is 18.4. The van der Waals surface area contributed by atoms with E-state index >= 15 is 0 Å². The maximum Gasteiger partial charge on any atom is 0.336 e. The third-order valence-corrected chi connectivity index (χ3v) is 2.99. The van der Waals surface area contributed by atoms with Crippen molar-refractivity contribution in [2.24, 2.45) is 0 Å². The molecule has 0 saturated carbocycles. The molecule has 5 heteroatoms. The summed E-state index contributed by atoms with van der Waals surface area (Å²) < 4.78 is 5.40. The van der Waals surface area contributed by atoms with E-state index in [4.69, 9.17) is 16.3 Å². The van der Waals surface area contributed by atoms with Crippen LogP contribution in [0.5, 0.6) is 5.75 Å². The van der Waals surface area contributed by atoms with Crippen LogP contribution < -0.4 is 4.74 Å². The van der Waals surface area contributed by atoms with Gasteiger partial charge in [-0.25, -0.2) is 9.59 Å². The molecule has 5 nitrogen and oxygen atoms in total. The first-order valence-electron chi connectivity index (χ1n) is 6.31. The standard InChI is InChI=1S/C17H12O5/c1-2-9-22-15-6-4-3-5-12(15)14-10-11(16(18)19)7-8-13(14)17(20)21/h1,3-8,10H,9H2,(H,18,19)(H,20,21). The molecule has 0 spiro atoms. The molecule has 110 valence electrons. The molecule has 22 heavy (non-hydrogen) atoms. The molecule has 2 rings (SSSR count). The molecule has 2 N–H and O–H groups in total. The number of para-hydroxylation sites is 1. The summed E-state index contributed by atoms with van der Waals surface area (Å²) in [4.78, 5) is 22.5. The zero-order valence-electron chi connectivity index (χ0n) is 11.4. The minimum atomic E-state index is -1.15. The van der Waals surface area contributed by atoms with E-state index in [9.17, 15) is 14.7 Å². The van der Waals surface area contributed by atoms with E-state index < -0.39 is 11.9 Å². The molecule has 0 aromatic heterocycles. The highest BCUT2D eigenvalue weighted by Gasteiger charge is 2.17. The maximum absolute atomic E-state index is 11.4. The second-order valence-corrected chi connectivity index (χ2v) is 4.36. The summed E-state index contributed by atoms with van der Waals surface area (Å²) in [5.41, 5.74) is 0.715. The van der Waals surface area contributed by atoms with Crippen LogP contribution in [0.2, 0.25) is 0 Å². The molecule has 2 aromatic carbocycles. The Kier molecular flexibility index (Phi) is 4.44. The number of carbonyl (C=O) groups is 2. The molecule has 0 fully saturated rings. The fourth-order valence-electron chi connectivity index (χ4n) is 2.02. The molecular formula is C17H12O5. The van der Waals surface area contributed by atoms with Gasteiger partial charge in [-0.2, -0.15) is 0 Å². The number of hydrogen-bond donors (Lipinski definition) is 2. The van der Waals surface area contributed by atoms with Crippen molar-refractivity contribution in [1.82, 2.24) is 0 Å². The fraction of sp³-hybridized carbons (Fsp3) is 0.0588. The van der Waals surface area contributed by atoms with Crippen LogP contribution in [0.3, 0.4) is 0 Å². The van der Waals surface area contributed by atoms with Crippen molar-refractivity contribution in [3.8, 4) is 29.2 Å². The van der Waals surface area contributed by atoms with Crippen LogP contribution in [0.4, 0.5) is 0 Å². The number of carboxylic acids is 2. The molecule has 0 amide bonds. The summed E-state index contributed by atoms with van der Waals surface area (Å²) >= 11 is 0. The van der Waals surface area contributed by atoms with Crippen LogP contribution in [0.25, 0.3) is 11.1 Å². The van der Waals surface area contributed by atoms with Gasteiger partial charge in [0.2, 0.25) is 0 Å². The van der Waals surface area contributed by atoms with Crippen molar-refractivity contribution in [2.45, 2.75) is 0 Å². The van der Waals surface area contributed by atoms with Gasteiger partial charge >= 0.3 is 11.9 Å². The number of aromatic carboxylic acids is 2. The highest BCUT2D eigenvalue weighted by molar-refractivity contribution is 5.99. The highest BCUT2D eigenvalue weighted by Crippen LogP contribution is 2.33. The van der Waals surface area contributed by atoms with Gasteiger partial charge in [-0.05, 0) is 24.3 Å². The van der Waals surface area contributed by atoms with Crippen LogP contribution in [0.1, 0.15) is 20.7 Å². The summed E-state index contributed by atoms with van der Waals surface area (Å²) in [6.45, 7) is 0.0258. The molecule has 0 aliphatic heterocycles. The van der Waals surface area contributed by atoms with Gasteiger partial charge in [-0.1, -0.05) is 24.1 Å². The van der Waals surface area contributed by atoms with Gasteiger partial charge in [0.05, 0.1) is 11.1 Å². The zero-order valence-corrected chi connectivity index (χ0v) is 11.4. The summed E-state index contributed by atoms with van der Waals surface area (Å²) in [6.07, 6.45) is 5.16. The van der Waals surface area contributed by atoms with E-state index in [-0.39, 0.29) is 23.3 Å². The Morgan fingerprint density at radius 3 is 2.41 bits per heavy atom. The molecule has 0 unspecified atom stereocenters. The van der Waals surface area contributed by atoms with Crippen molar-refractivity contribution < 1.29 is 24.5 Å². The lowest BCUT2D eigenvalue weighted by Crippen LogP contribution is -2.04. The van der Waals surface area contributed by atoms with Gasteiger partial charge in [0.15, 0.2) is 0 Å². The van der Waals surface area contributed by atoms with Gasteiger partial charge in [0.25, 0.3) is 0 Å². The van der Waals surface area contributed by atoms with E-state index in [1.807, 2.05) is 0 Å². The Labute approximate surface area is 126 Å². The average molecular weight is 296 g/mol. The van der Waals surface area contributed by atoms with Crippen LogP contribution in [-0.2, 0) is 0 Å². The lowest BCUT2D eigenvalue weighted by Gasteiger charge is -2.12. The smallest absolute Gasteiger partial charge is 0.336 e. The van der Waals surface area contributed by atoms with Gasteiger partial charge in [-0.3, -0.25) is 0 Å². The van der Waals surface area contributed by atoms with Crippen LogP contribution in [-0.4, -0.2) is 28.8 Å². The Morgan fingerprint density at radius 1 is 1.05 bits per heavy atom. The molecule has 0 saturated heterocycles. The quantitative estimate of drug-likeness (QED) is 0.829. The molecule has 0 heterocycles. The predicted molar refractivity (Wildman–Crippen MR) is 80.1 cm³/mol. The summed E-state index contributed by atoms with van der Waals surface area (Å²) in [5.74, 6) is 0.430. The van der Waals surface area contributed by atoms with Crippen LogP contribution in [0, 0.1) is 12.3 Å². The largest absolute Gasteiger partial charge is 0.480 e. The normalized spacial score (nSPS) is 9.77. The first-order valence-corrected chi connectivity index (χ1v) is 6.31.